The largest absolute Gasteiger partial charge is 0.314 e. The zero-order valence-electron chi connectivity index (χ0n) is 11.4. The van der Waals surface area contributed by atoms with E-state index in [-0.39, 0.29) is 17.5 Å². The van der Waals surface area contributed by atoms with E-state index in [0.717, 1.165) is 17.7 Å². The lowest BCUT2D eigenvalue weighted by atomic mass is 10.2. The van der Waals surface area contributed by atoms with Crippen molar-refractivity contribution in [2.24, 2.45) is 0 Å². The van der Waals surface area contributed by atoms with Crippen molar-refractivity contribution in [2.75, 3.05) is 12.3 Å². The van der Waals surface area contributed by atoms with Gasteiger partial charge in [0.15, 0.2) is 9.84 Å². The van der Waals surface area contributed by atoms with Crippen LogP contribution in [-0.4, -0.2) is 26.8 Å². The number of rotatable bonds is 7. The summed E-state index contributed by atoms with van der Waals surface area (Å²) in [4.78, 5) is 0. The summed E-state index contributed by atoms with van der Waals surface area (Å²) in [5.74, 6) is 0.392. The number of nitrogens with one attached hydrogen (secondary N) is 1. The van der Waals surface area contributed by atoms with Crippen LogP contribution in [0.15, 0.2) is 24.3 Å². The summed E-state index contributed by atoms with van der Waals surface area (Å²) >= 11 is 0. The molecule has 0 saturated heterocycles. The maximum atomic E-state index is 12.0. The first-order chi connectivity index (χ1) is 8.43. The Morgan fingerprint density at radius 3 is 2.67 bits per heavy atom. The lowest BCUT2D eigenvalue weighted by molar-refractivity contribution is 0.541. The summed E-state index contributed by atoms with van der Waals surface area (Å²) in [5, 5.41) is 3.23. The van der Waals surface area contributed by atoms with Crippen molar-refractivity contribution in [3.8, 4) is 0 Å². The average Bonchev–Trinajstić information content (AvgIpc) is 2.26. The first-order valence-corrected chi connectivity index (χ1v) is 8.24. The van der Waals surface area contributed by atoms with E-state index in [0.29, 0.717) is 6.42 Å². The standard InChI is InChI=1S/C14H23NO2S/c1-4-15-13(3)8-9-18(16,17)11-14-7-5-6-12(2)10-14/h5-7,10,13,15H,4,8-9,11H2,1-3H3. The van der Waals surface area contributed by atoms with Crippen LogP contribution >= 0.6 is 0 Å². The van der Waals surface area contributed by atoms with Crippen LogP contribution < -0.4 is 5.32 Å². The van der Waals surface area contributed by atoms with Gasteiger partial charge in [-0.2, -0.15) is 0 Å². The molecule has 102 valence electrons. The summed E-state index contributed by atoms with van der Waals surface area (Å²) in [6.45, 7) is 6.89. The van der Waals surface area contributed by atoms with Gasteiger partial charge >= 0.3 is 0 Å². The summed E-state index contributed by atoms with van der Waals surface area (Å²) in [5.41, 5.74) is 1.98. The topological polar surface area (TPSA) is 46.2 Å². The van der Waals surface area contributed by atoms with Gasteiger partial charge in [-0.25, -0.2) is 8.42 Å². The highest BCUT2D eigenvalue weighted by molar-refractivity contribution is 7.90. The zero-order chi connectivity index (χ0) is 13.6. The molecule has 0 aliphatic heterocycles. The molecule has 1 aromatic carbocycles. The minimum Gasteiger partial charge on any atom is -0.314 e. The van der Waals surface area contributed by atoms with E-state index in [1.54, 1.807) is 0 Å². The molecule has 0 aliphatic rings. The summed E-state index contributed by atoms with van der Waals surface area (Å²) in [6, 6.07) is 7.94. The van der Waals surface area contributed by atoms with Crippen LogP contribution in [0.1, 0.15) is 31.4 Å². The fourth-order valence-electron chi connectivity index (χ4n) is 1.93. The second-order valence-corrected chi connectivity index (χ2v) is 7.01. The minimum absolute atomic E-state index is 0.146. The number of hydrogen-bond donors (Lipinski definition) is 1. The normalized spacial score (nSPS) is 13.5. The first kappa shape index (κ1) is 15.2. The van der Waals surface area contributed by atoms with Crippen LogP contribution in [0.5, 0.6) is 0 Å². The molecule has 1 rings (SSSR count). The Bertz CT molecular complexity index is 468. The molecule has 0 heterocycles. The Kier molecular flexibility index (Phi) is 5.82. The summed E-state index contributed by atoms with van der Waals surface area (Å²) in [6.07, 6.45) is 0.669. The fraction of sp³-hybridized carbons (Fsp3) is 0.571. The van der Waals surface area contributed by atoms with E-state index < -0.39 is 9.84 Å². The number of sulfone groups is 1. The number of benzene rings is 1. The molecular formula is C14H23NO2S. The van der Waals surface area contributed by atoms with Gasteiger partial charge in [0.1, 0.15) is 0 Å². The van der Waals surface area contributed by atoms with Crippen molar-refractivity contribution < 1.29 is 8.42 Å². The van der Waals surface area contributed by atoms with Gasteiger partial charge in [-0.3, -0.25) is 0 Å². The molecule has 0 fully saturated rings. The molecule has 0 bridgehead atoms. The van der Waals surface area contributed by atoms with Crippen molar-refractivity contribution >= 4 is 9.84 Å². The Hall–Kier alpha value is -0.870. The van der Waals surface area contributed by atoms with Crippen molar-refractivity contribution in [2.45, 2.75) is 39.0 Å². The molecule has 1 N–H and O–H groups in total. The Balaban J connectivity index is 2.54. The maximum absolute atomic E-state index is 12.0. The molecule has 0 radical (unpaired) electrons. The highest BCUT2D eigenvalue weighted by Gasteiger charge is 2.13. The number of hydrogen-bond acceptors (Lipinski definition) is 3. The molecule has 4 heteroatoms. The van der Waals surface area contributed by atoms with Crippen molar-refractivity contribution in [1.82, 2.24) is 5.32 Å². The van der Waals surface area contributed by atoms with Gasteiger partial charge in [-0.1, -0.05) is 36.8 Å². The molecule has 0 amide bonds. The Morgan fingerprint density at radius 1 is 1.33 bits per heavy atom. The molecule has 0 spiro atoms. The minimum atomic E-state index is -3.00. The molecule has 1 atom stereocenters. The molecule has 0 aromatic heterocycles. The Morgan fingerprint density at radius 2 is 2.06 bits per heavy atom. The van der Waals surface area contributed by atoms with E-state index >= 15 is 0 Å². The lowest BCUT2D eigenvalue weighted by Crippen LogP contribution is -2.28. The molecule has 3 nitrogen and oxygen atoms in total. The van der Waals surface area contributed by atoms with Crippen LogP contribution in [0.25, 0.3) is 0 Å². The number of aryl methyl sites for hydroxylation is 1. The third kappa shape index (κ3) is 5.65. The van der Waals surface area contributed by atoms with Gasteiger partial charge in [-0.15, -0.1) is 0 Å². The second kappa shape index (κ2) is 6.90. The maximum Gasteiger partial charge on any atom is 0.154 e. The van der Waals surface area contributed by atoms with Gasteiger partial charge in [0.2, 0.25) is 0 Å². The van der Waals surface area contributed by atoms with Crippen LogP contribution in [0.4, 0.5) is 0 Å². The van der Waals surface area contributed by atoms with Crippen LogP contribution in [0, 0.1) is 6.92 Å². The van der Waals surface area contributed by atoms with Crippen LogP contribution in [0.2, 0.25) is 0 Å². The smallest absolute Gasteiger partial charge is 0.154 e. The van der Waals surface area contributed by atoms with Crippen LogP contribution in [0.3, 0.4) is 0 Å². The van der Waals surface area contributed by atoms with Crippen molar-refractivity contribution in [3.05, 3.63) is 35.4 Å². The van der Waals surface area contributed by atoms with E-state index in [4.69, 9.17) is 0 Å². The second-order valence-electron chi connectivity index (χ2n) is 4.83. The molecule has 1 aromatic rings. The highest BCUT2D eigenvalue weighted by atomic mass is 32.2. The van der Waals surface area contributed by atoms with E-state index in [9.17, 15) is 8.42 Å². The van der Waals surface area contributed by atoms with E-state index in [2.05, 4.69) is 5.32 Å². The van der Waals surface area contributed by atoms with E-state index in [1.807, 2.05) is 45.0 Å². The van der Waals surface area contributed by atoms with Crippen molar-refractivity contribution in [3.63, 3.8) is 0 Å². The predicted molar refractivity (Wildman–Crippen MR) is 76.4 cm³/mol. The lowest BCUT2D eigenvalue weighted by Gasteiger charge is -2.12. The molecular weight excluding hydrogens is 246 g/mol. The van der Waals surface area contributed by atoms with E-state index in [1.165, 1.54) is 0 Å². The van der Waals surface area contributed by atoms with Gasteiger partial charge < -0.3 is 5.32 Å². The van der Waals surface area contributed by atoms with Gasteiger partial charge in [0, 0.05) is 6.04 Å². The molecule has 0 aliphatic carbocycles. The van der Waals surface area contributed by atoms with Crippen LogP contribution in [-0.2, 0) is 15.6 Å². The quantitative estimate of drug-likeness (QED) is 0.826. The summed E-state index contributed by atoms with van der Waals surface area (Å²) < 4.78 is 24.0. The molecule has 0 saturated carbocycles. The summed E-state index contributed by atoms with van der Waals surface area (Å²) in [7, 11) is -3.00. The van der Waals surface area contributed by atoms with Crippen molar-refractivity contribution in [1.29, 1.82) is 0 Å². The van der Waals surface area contributed by atoms with Gasteiger partial charge in [0.25, 0.3) is 0 Å². The third-order valence-electron chi connectivity index (χ3n) is 2.88. The average molecular weight is 269 g/mol. The highest BCUT2D eigenvalue weighted by Crippen LogP contribution is 2.10. The SMILES string of the molecule is CCNC(C)CCS(=O)(=O)Cc1cccc(C)c1. The molecule has 1 unspecified atom stereocenters. The van der Waals surface area contributed by atoms with Gasteiger partial charge in [-0.05, 0) is 32.4 Å². The molecule has 18 heavy (non-hydrogen) atoms. The van der Waals surface area contributed by atoms with Gasteiger partial charge in [0.05, 0.1) is 11.5 Å². The Labute approximate surface area is 111 Å². The fourth-order valence-corrected chi connectivity index (χ4v) is 3.48. The predicted octanol–water partition coefficient (Wildman–Crippen LogP) is 2.30. The monoisotopic (exact) mass is 269 g/mol. The zero-order valence-corrected chi connectivity index (χ0v) is 12.3. The third-order valence-corrected chi connectivity index (χ3v) is 4.51. The first-order valence-electron chi connectivity index (χ1n) is 6.42.